The number of aryl methyl sites for hydroxylation is 1. The molecule has 0 unspecified atom stereocenters. The molecule has 0 fully saturated rings. The molecule has 0 aliphatic carbocycles. The van der Waals surface area contributed by atoms with Gasteiger partial charge in [-0.2, -0.15) is 5.10 Å². The predicted octanol–water partition coefficient (Wildman–Crippen LogP) is 1.88. The first-order chi connectivity index (χ1) is 11.5. The smallest absolute Gasteiger partial charge is 0.320 e. The molecular weight excluding hydrogens is 380 g/mol. The third-order valence-electron chi connectivity index (χ3n) is 3.09. The largest absolute Gasteiger partial charge is 0.493 e. The Labute approximate surface area is 147 Å². The van der Waals surface area contributed by atoms with E-state index in [1.165, 1.54) is 7.11 Å². The molecule has 1 aromatic heterocycles. The van der Waals surface area contributed by atoms with Crippen molar-refractivity contribution in [1.82, 2.24) is 15.1 Å². The SMILES string of the molecule is COc1cc(CNC(=O)Nc2cc(Br)n(C)n2)ccc1OCCO. The summed E-state index contributed by atoms with van der Waals surface area (Å²) in [6.07, 6.45) is 0. The molecule has 3 N–H and O–H groups in total. The number of aromatic nitrogens is 2. The molecule has 0 saturated carbocycles. The average molecular weight is 399 g/mol. The summed E-state index contributed by atoms with van der Waals surface area (Å²) in [6.45, 7) is 0.433. The zero-order valence-corrected chi connectivity index (χ0v) is 15.0. The molecule has 24 heavy (non-hydrogen) atoms. The lowest BCUT2D eigenvalue weighted by Crippen LogP contribution is -2.28. The number of hydrogen-bond donors (Lipinski definition) is 3. The van der Waals surface area contributed by atoms with E-state index >= 15 is 0 Å². The summed E-state index contributed by atoms with van der Waals surface area (Å²) in [5.41, 5.74) is 0.848. The van der Waals surface area contributed by atoms with Crippen LogP contribution in [0, 0.1) is 0 Å². The van der Waals surface area contributed by atoms with Crippen LogP contribution in [0.25, 0.3) is 0 Å². The van der Waals surface area contributed by atoms with Gasteiger partial charge in [0.15, 0.2) is 17.3 Å². The van der Waals surface area contributed by atoms with Gasteiger partial charge < -0.3 is 19.9 Å². The van der Waals surface area contributed by atoms with Crippen molar-refractivity contribution in [3.05, 3.63) is 34.4 Å². The minimum absolute atomic E-state index is 0.0731. The molecule has 9 heteroatoms. The van der Waals surface area contributed by atoms with Crippen molar-refractivity contribution >= 4 is 27.8 Å². The van der Waals surface area contributed by atoms with Crippen molar-refractivity contribution in [3.8, 4) is 11.5 Å². The van der Waals surface area contributed by atoms with Crippen LogP contribution in [0.4, 0.5) is 10.6 Å². The second-order valence-corrected chi connectivity index (χ2v) is 5.65. The monoisotopic (exact) mass is 398 g/mol. The van der Waals surface area contributed by atoms with Crippen LogP contribution in [0.15, 0.2) is 28.9 Å². The normalized spacial score (nSPS) is 10.3. The minimum Gasteiger partial charge on any atom is -0.493 e. The van der Waals surface area contributed by atoms with Crippen LogP contribution in [-0.2, 0) is 13.6 Å². The molecule has 0 aliphatic heterocycles. The lowest BCUT2D eigenvalue weighted by molar-refractivity contribution is 0.196. The second kappa shape index (κ2) is 8.55. The Balaban J connectivity index is 1.92. The summed E-state index contributed by atoms with van der Waals surface area (Å²) < 4.78 is 13.0. The Morgan fingerprint density at radius 3 is 2.79 bits per heavy atom. The van der Waals surface area contributed by atoms with Gasteiger partial charge in [0, 0.05) is 19.7 Å². The number of carbonyl (C=O) groups is 1. The van der Waals surface area contributed by atoms with Crippen molar-refractivity contribution in [2.45, 2.75) is 6.54 Å². The van der Waals surface area contributed by atoms with Crippen molar-refractivity contribution in [1.29, 1.82) is 0 Å². The van der Waals surface area contributed by atoms with Gasteiger partial charge in [-0.25, -0.2) is 4.79 Å². The van der Waals surface area contributed by atoms with Crippen LogP contribution in [0.2, 0.25) is 0 Å². The van der Waals surface area contributed by atoms with Gasteiger partial charge in [0.25, 0.3) is 0 Å². The maximum atomic E-state index is 11.9. The fourth-order valence-corrected chi connectivity index (χ4v) is 2.24. The number of rotatable bonds is 7. The highest BCUT2D eigenvalue weighted by Gasteiger charge is 2.09. The number of amides is 2. The van der Waals surface area contributed by atoms with E-state index in [-0.39, 0.29) is 19.2 Å². The van der Waals surface area contributed by atoms with Crippen LogP contribution < -0.4 is 20.1 Å². The van der Waals surface area contributed by atoms with Crippen molar-refractivity contribution in [2.75, 3.05) is 25.6 Å². The topological polar surface area (TPSA) is 97.6 Å². The third kappa shape index (κ3) is 4.87. The Hall–Kier alpha value is -2.26. The third-order valence-corrected chi connectivity index (χ3v) is 3.84. The Kier molecular flexibility index (Phi) is 6.44. The van der Waals surface area contributed by atoms with Crippen LogP contribution in [0.1, 0.15) is 5.56 Å². The van der Waals surface area contributed by atoms with E-state index in [0.717, 1.165) is 10.2 Å². The summed E-state index contributed by atoms with van der Waals surface area (Å²) in [4.78, 5) is 11.9. The van der Waals surface area contributed by atoms with E-state index in [1.807, 2.05) is 6.07 Å². The number of benzene rings is 1. The highest BCUT2D eigenvalue weighted by Crippen LogP contribution is 2.28. The number of urea groups is 1. The van der Waals surface area contributed by atoms with Gasteiger partial charge in [-0.05, 0) is 33.6 Å². The number of hydrogen-bond acceptors (Lipinski definition) is 5. The number of halogens is 1. The molecule has 130 valence electrons. The lowest BCUT2D eigenvalue weighted by Gasteiger charge is -2.12. The summed E-state index contributed by atoms with van der Waals surface area (Å²) in [6, 6.07) is 6.66. The van der Waals surface area contributed by atoms with Gasteiger partial charge in [-0.3, -0.25) is 10.00 Å². The van der Waals surface area contributed by atoms with E-state index in [1.54, 1.807) is 29.9 Å². The molecule has 1 heterocycles. The first kappa shape index (κ1) is 18.1. The number of carbonyl (C=O) groups excluding carboxylic acids is 1. The van der Waals surface area contributed by atoms with Crippen molar-refractivity contribution in [3.63, 3.8) is 0 Å². The van der Waals surface area contributed by atoms with Gasteiger partial charge in [0.05, 0.1) is 13.7 Å². The highest BCUT2D eigenvalue weighted by molar-refractivity contribution is 9.10. The molecule has 2 rings (SSSR count). The predicted molar refractivity (Wildman–Crippen MR) is 92.3 cm³/mol. The summed E-state index contributed by atoms with van der Waals surface area (Å²) in [5.74, 6) is 1.53. The number of anilines is 1. The number of methoxy groups -OCH3 is 1. The molecule has 0 saturated heterocycles. The Bertz CT molecular complexity index is 685. The number of aliphatic hydroxyl groups is 1. The molecule has 2 amide bonds. The molecule has 2 aromatic rings. The number of aliphatic hydroxyl groups excluding tert-OH is 1. The first-order valence-electron chi connectivity index (χ1n) is 7.18. The van der Waals surface area contributed by atoms with Crippen molar-refractivity contribution < 1.29 is 19.4 Å². The number of ether oxygens (including phenoxy) is 2. The van der Waals surface area contributed by atoms with Crippen LogP contribution in [0.5, 0.6) is 11.5 Å². The number of nitrogens with one attached hydrogen (secondary N) is 2. The maximum Gasteiger partial charge on any atom is 0.320 e. The molecule has 0 radical (unpaired) electrons. The zero-order chi connectivity index (χ0) is 17.5. The molecule has 1 aromatic carbocycles. The highest BCUT2D eigenvalue weighted by atomic mass is 79.9. The molecular formula is C15H19BrN4O4. The molecule has 0 atom stereocenters. The van der Waals surface area contributed by atoms with Gasteiger partial charge >= 0.3 is 6.03 Å². The van der Waals surface area contributed by atoms with E-state index in [4.69, 9.17) is 14.6 Å². The standard InChI is InChI=1S/C15H19BrN4O4/c1-20-13(16)8-14(19-20)18-15(22)17-9-10-3-4-11(24-6-5-21)12(7-10)23-2/h3-4,7-8,21H,5-6,9H2,1-2H3,(H2,17,18,19,22). The Morgan fingerprint density at radius 2 is 2.17 bits per heavy atom. The first-order valence-corrected chi connectivity index (χ1v) is 7.97. The van der Waals surface area contributed by atoms with E-state index < -0.39 is 0 Å². The zero-order valence-electron chi connectivity index (χ0n) is 13.4. The molecule has 0 bridgehead atoms. The second-order valence-electron chi connectivity index (χ2n) is 4.84. The molecule has 0 spiro atoms. The molecule has 0 aliphatic rings. The minimum atomic E-state index is -0.361. The summed E-state index contributed by atoms with van der Waals surface area (Å²) in [5, 5.41) is 18.3. The van der Waals surface area contributed by atoms with Crippen LogP contribution in [0.3, 0.4) is 0 Å². The lowest BCUT2D eigenvalue weighted by atomic mass is 10.2. The Morgan fingerprint density at radius 1 is 1.38 bits per heavy atom. The number of nitrogens with zero attached hydrogens (tertiary/aromatic N) is 2. The van der Waals surface area contributed by atoms with E-state index in [0.29, 0.717) is 23.9 Å². The van der Waals surface area contributed by atoms with E-state index in [2.05, 4.69) is 31.7 Å². The fourth-order valence-electron chi connectivity index (χ4n) is 1.95. The van der Waals surface area contributed by atoms with Gasteiger partial charge in [-0.15, -0.1) is 0 Å². The fraction of sp³-hybridized carbons (Fsp3) is 0.333. The van der Waals surface area contributed by atoms with Crippen molar-refractivity contribution in [2.24, 2.45) is 7.05 Å². The quantitative estimate of drug-likeness (QED) is 0.661. The summed E-state index contributed by atoms with van der Waals surface area (Å²) in [7, 11) is 3.30. The summed E-state index contributed by atoms with van der Waals surface area (Å²) >= 11 is 3.31. The van der Waals surface area contributed by atoms with E-state index in [9.17, 15) is 4.79 Å². The van der Waals surface area contributed by atoms with Gasteiger partial charge in [0.2, 0.25) is 0 Å². The average Bonchev–Trinajstić information content (AvgIpc) is 2.88. The molecule has 8 nitrogen and oxygen atoms in total. The van der Waals surface area contributed by atoms with Crippen LogP contribution >= 0.6 is 15.9 Å². The van der Waals surface area contributed by atoms with Gasteiger partial charge in [-0.1, -0.05) is 6.07 Å². The van der Waals surface area contributed by atoms with Crippen LogP contribution in [-0.4, -0.2) is 41.2 Å². The maximum absolute atomic E-state index is 11.9. The van der Waals surface area contributed by atoms with Gasteiger partial charge in [0.1, 0.15) is 11.2 Å².